The zero-order valence-corrected chi connectivity index (χ0v) is 13.9. The lowest BCUT2D eigenvalue weighted by Gasteiger charge is -2.10. The highest BCUT2D eigenvalue weighted by atomic mass is 79.9. The average molecular weight is 336 g/mol. The largest absolute Gasteiger partial charge is 0.316 e. The molecule has 0 spiro atoms. The van der Waals surface area contributed by atoms with Crippen LogP contribution in [0.2, 0.25) is 0 Å². The molecule has 0 amide bonds. The van der Waals surface area contributed by atoms with Crippen LogP contribution in [0, 0.1) is 13.8 Å². The SMILES string of the molecule is CNCc1ccc(Sc2cc(C)ccc2C)c(Br)c1. The number of aryl methyl sites for hydroxylation is 2. The van der Waals surface area contributed by atoms with Crippen molar-refractivity contribution >= 4 is 27.7 Å². The van der Waals surface area contributed by atoms with Crippen LogP contribution in [0.15, 0.2) is 50.7 Å². The summed E-state index contributed by atoms with van der Waals surface area (Å²) >= 11 is 5.48. The van der Waals surface area contributed by atoms with Crippen molar-refractivity contribution in [3.63, 3.8) is 0 Å². The van der Waals surface area contributed by atoms with Gasteiger partial charge in [0, 0.05) is 20.8 Å². The molecule has 0 unspecified atom stereocenters. The number of hydrogen-bond donors (Lipinski definition) is 1. The van der Waals surface area contributed by atoms with Gasteiger partial charge in [-0.2, -0.15) is 0 Å². The van der Waals surface area contributed by atoms with Crippen molar-refractivity contribution in [3.05, 3.63) is 57.6 Å². The minimum atomic E-state index is 0.896. The van der Waals surface area contributed by atoms with Crippen LogP contribution in [0.4, 0.5) is 0 Å². The van der Waals surface area contributed by atoms with Gasteiger partial charge in [0.15, 0.2) is 0 Å². The summed E-state index contributed by atoms with van der Waals surface area (Å²) in [5.74, 6) is 0. The first-order valence-corrected chi connectivity index (χ1v) is 7.89. The van der Waals surface area contributed by atoms with E-state index in [0.29, 0.717) is 0 Å². The Labute approximate surface area is 127 Å². The van der Waals surface area contributed by atoms with E-state index in [4.69, 9.17) is 0 Å². The van der Waals surface area contributed by atoms with Gasteiger partial charge in [-0.25, -0.2) is 0 Å². The number of halogens is 1. The van der Waals surface area contributed by atoms with Gasteiger partial charge >= 0.3 is 0 Å². The van der Waals surface area contributed by atoms with Gasteiger partial charge in [0.05, 0.1) is 0 Å². The summed E-state index contributed by atoms with van der Waals surface area (Å²) in [7, 11) is 1.96. The van der Waals surface area contributed by atoms with E-state index in [9.17, 15) is 0 Å². The Bertz CT molecular complexity index is 581. The highest BCUT2D eigenvalue weighted by molar-refractivity contribution is 9.10. The van der Waals surface area contributed by atoms with E-state index >= 15 is 0 Å². The molecule has 19 heavy (non-hydrogen) atoms. The van der Waals surface area contributed by atoms with E-state index in [1.54, 1.807) is 0 Å². The molecule has 0 saturated heterocycles. The minimum absolute atomic E-state index is 0.896. The summed E-state index contributed by atoms with van der Waals surface area (Å²) in [5, 5.41) is 3.17. The third-order valence-electron chi connectivity index (χ3n) is 2.94. The minimum Gasteiger partial charge on any atom is -0.316 e. The van der Waals surface area contributed by atoms with Gasteiger partial charge in [0.25, 0.3) is 0 Å². The molecule has 1 N–H and O–H groups in total. The first-order valence-electron chi connectivity index (χ1n) is 6.28. The second-order valence-electron chi connectivity index (χ2n) is 4.67. The number of benzene rings is 2. The van der Waals surface area contributed by atoms with Crippen molar-refractivity contribution in [1.29, 1.82) is 0 Å². The topological polar surface area (TPSA) is 12.0 Å². The van der Waals surface area contributed by atoms with Crippen molar-refractivity contribution in [3.8, 4) is 0 Å². The molecule has 2 aromatic rings. The van der Waals surface area contributed by atoms with E-state index in [-0.39, 0.29) is 0 Å². The quantitative estimate of drug-likeness (QED) is 0.849. The van der Waals surface area contributed by atoms with Gasteiger partial charge in [0.2, 0.25) is 0 Å². The summed E-state index contributed by atoms with van der Waals surface area (Å²) in [6.07, 6.45) is 0. The van der Waals surface area contributed by atoms with Gasteiger partial charge < -0.3 is 5.32 Å². The summed E-state index contributed by atoms with van der Waals surface area (Å²) in [6, 6.07) is 13.1. The molecule has 100 valence electrons. The van der Waals surface area contributed by atoms with E-state index in [2.05, 4.69) is 71.5 Å². The number of nitrogens with one attached hydrogen (secondary N) is 1. The Morgan fingerprint density at radius 1 is 1.05 bits per heavy atom. The molecule has 0 atom stereocenters. The number of hydrogen-bond acceptors (Lipinski definition) is 2. The molecule has 1 nitrogen and oxygen atoms in total. The molecule has 0 fully saturated rings. The molecule has 0 aliphatic carbocycles. The molecule has 0 heterocycles. The summed E-state index contributed by atoms with van der Waals surface area (Å²) < 4.78 is 1.16. The lowest BCUT2D eigenvalue weighted by Crippen LogP contribution is -2.04. The third-order valence-corrected chi connectivity index (χ3v) is 5.09. The van der Waals surface area contributed by atoms with E-state index in [1.165, 1.54) is 26.5 Å². The first-order chi connectivity index (χ1) is 9.10. The lowest BCUT2D eigenvalue weighted by molar-refractivity contribution is 0.816. The van der Waals surface area contributed by atoms with Crippen LogP contribution in [0.25, 0.3) is 0 Å². The second kappa shape index (κ2) is 6.60. The Kier molecular flexibility index (Phi) is 5.08. The highest BCUT2D eigenvalue weighted by Gasteiger charge is 2.06. The van der Waals surface area contributed by atoms with Crippen LogP contribution >= 0.6 is 27.7 Å². The third kappa shape index (κ3) is 3.85. The molecule has 3 heteroatoms. The monoisotopic (exact) mass is 335 g/mol. The molecule has 2 rings (SSSR count). The predicted octanol–water partition coefficient (Wildman–Crippen LogP) is 4.94. The maximum absolute atomic E-state index is 3.67. The van der Waals surface area contributed by atoms with Gasteiger partial charge in [0.1, 0.15) is 0 Å². The zero-order chi connectivity index (χ0) is 13.8. The zero-order valence-electron chi connectivity index (χ0n) is 11.5. The van der Waals surface area contributed by atoms with E-state index in [1.807, 2.05) is 18.8 Å². The summed E-state index contributed by atoms with van der Waals surface area (Å²) in [5.41, 5.74) is 3.91. The molecule has 0 aliphatic rings. The Balaban J connectivity index is 2.25. The molecule has 0 saturated carbocycles. The standard InChI is InChI=1S/C16H18BrNS/c1-11-4-5-12(2)16(8-11)19-15-7-6-13(10-18-3)9-14(15)17/h4-9,18H,10H2,1-3H3. The van der Waals surface area contributed by atoms with Gasteiger partial charge in [-0.05, 0) is 71.7 Å². The van der Waals surface area contributed by atoms with Crippen LogP contribution in [0.5, 0.6) is 0 Å². The summed E-state index contributed by atoms with van der Waals surface area (Å²) in [6.45, 7) is 5.19. The molecule has 0 aromatic heterocycles. The second-order valence-corrected chi connectivity index (χ2v) is 6.60. The van der Waals surface area contributed by atoms with Crippen molar-refractivity contribution < 1.29 is 0 Å². The Morgan fingerprint density at radius 2 is 1.84 bits per heavy atom. The van der Waals surface area contributed by atoms with Crippen LogP contribution in [0.3, 0.4) is 0 Å². The predicted molar refractivity (Wildman–Crippen MR) is 86.9 cm³/mol. The fraction of sp³-hybridized carbons (Fsp3) is 0.250. The van der Waals surface area contributed by atoms with E-state index < -0.39 is 0 Å². The normalized spacial score (nSPS) is 10.7. The molecule has 0 aliphatic heterocycles. The van der Waals surface area contributed by atoms with Gasteiger partial charge in [-0.15, -0.1) is 0 Å². The molecule has 0 bridgehead atoms. The van der Waals surface area contributed by atoms with Gasteiger partial charge in [-0.1, -0.05) is 30.0 Å². The summed E-state index contributed by atoms with van der Waals surface area (Å²) in [4.78, 5) is 2.58. The van der Waals surface area contributed by atoms with Crippen molar-refractivity contribution in [1.82, 2.24) is 5.32 Å². The molecular formula is C16H18BrNS. The fourth-order valence-electron chi connectivity index (χ4n) is 1.88. The van der Waals surface area contributed by atoms with Crippen LogP contribution in [-0.4, -0.2) is 7.05 Å². The first kappa shape index (κ1) is 14.6. The fourth-order valence-corrected chi connectivity index (χ4v) is 3.55. The van der Waals surface area contributed by atoms with Crippen molar-refractivity contribution in [2.75, 3.05) is 7.05 Å². The van der Waals surface area contributed by atoms with Crippen molar-refractivity contribution in [2.45, 2.75) is 30.2 Å². The van der Waals surface area contributed by atoms with Crippen molar-refractivity contribution in [2.24, 2.45) is 0 Å². The number of rotatable bonds is 4. The smallest absolute Gasteiger partial charge is 0.0318 e. The van der Waals surface area contributed by atoms with Crippen LogP contribution < -0.4 is 5.32 Å². The maximum Gasteiger partial charge on any atom is 0.0318 e. The molecule has 0 radical (unpaired) electrons. The average Bonchev–Trinajstić information content (AvgIpc) is 2.37. The van der Waals surface area contributed by atoms with Crippen LogP contribution in [0.1, 0.15) is 16.7 Å². The Morgan fingerprint density at radius 3 is 2.53 bits per heavy atom. The van der Waals surface area contributed by atoms with Crippen LogP contribution in [-0.2, 0) is 6.54 Å². The highest BCUT2D eigenvalue weighted by Crippen LogP contribution is 2.36. The lowest BCUT2D eigenvalue weighted by atomic mass is 10.2. The Hall–Kier alpha value is -0.770. The maximum atomic E-state index is 3.67. The molecular weight excluding hydrogens is 318 g/mol. The molecule has 2 aromatic carbocycles. The van der Waals surface area contributed by atoms with E-state index in [0.717, 1.165) is 11.0 Å². The van der Waals surface area contributed by atoms with Gasteiger partial charge in [-0.3, -0.25) is 0 Å².